The molecule has 0 aliphatic carbocycles. The van der Waals surface area contributed by atoms with Crippen LogP contribution in [-0.2, 0) is 11.2 Å². The van der Waals surface area contributed by atoms with Crippen molar-refractivity contribution in [1.82, 2.24) is 5.32 Å². The van der Waals surface area contributed by atoms with Gasteiger partial charge in [-0.2, -0.15) is 0 Å². The van der Waals surface area contributed by atoms with E-state index < -0.39 is 0 Å². The molecule has 0 bridgehead atoms. The van der Waals surface area contributed by atoms with E-state index in [4.69, 9.17) is 4.42 Å². The summed E-state index contributed by atoms with van der Waals surface area (Å²) in [7, 11) is 0. The van der Waals surface area contributed by atoms with Crippen LogP contribution in [0.15, 0.2) is 28.7 Å². The number of nitrogens with one attached hydrogen (secondary N) is 1. The van der Waals surface area contributed by atoms with Gasteiger partial charge in [0.25, 0.3) is 0 Å². The first-order chi connectivity index (χ1) is 8.26. The fourth-order valence-electron chi connectivity index (χ4n) is 2.34. The van der Waals surface area contributed by atoms with Crippen molar-refractivity contribution < 1.29 is 9.21 Å². The summed E-state index contributed by atoms with van der Waals surface area (Å²) in [5.74, 6) is 1.23. The number of rotatable bonds is 2. The van der Waals surface area contributed by atoms with Crippen molar-refractivity contribution in [2.24, 2.45) is 0 Å². The fourth-order valence-corrected chi connectivity index (χ4v) is 2.34. The number of aryl methyl sites for hydroxylation is 1. The molecule has 1 amide bonds. The van der Waals surface area contributed by atoms with Crippen LogP contribution in [0.3, 0.4) is 0 Å². The summed E-state index contributed by atoms with van der Waals surface area (Å²) >= 11 is 0. The van der Waals surface area contributed by atoms with Crippen molar-refractivity contribution >= 4 is 16.9 Å². The quantitative estimate of drug-likeness (QED) is 0.860. The van der Waals surface area contributed by atoms with Gasteiger partial charge in [0.1, 0.15) is 11.3 Å². The highest BCUT2D eigenvalue weighted by Crippen LogP contribution is 2.29. The normalized spacial score (nSPS) is 19.8. The molecule has 1 saturated heterocycles. The summed E-state index contributed by atoms with van der Waals surface area (Å²) in [6, 6.07) is 8.33. The summed E-state index contributed by atoms with van der Waals surface area (Å²) in [6.07, 6.45) is 1.57. The van der Waals surface area contributed by atoms with Crippen molar-refractivity contribution in [3.05, 3.63) is 35.6 Å². The van der Waals surface area contributed by atoms with Gasteiger partial charge in [-0.25, -0.2) is 0 Å². The van der Waals surface area contributed by atoms with Gasteiger partial charge in [-0.15, -0.1) is 0 Å². The number of benzene rings is 1. The number of carbonyl (C=O) groups is 1. The molecule has 1 aromatic carbocycles. The van der Waals surface area contributed by atoms with E-state index in [0.29, 0.717) is 13.0 Å². The Kier molecular flexibility index (Phi) is 2.39. The van der Waals surface area contributed by atoms with E-state index in [-0.39, 0.29) is 11.8 Å². The van der Waals surface area contributed by atoms with Crippen molar-refractivity contribution in [1.29, 1.82) is 0 Å². The van der Waals surface area contributed by atoms with Gasteiger partial charge in [0.05, 0.1) is 0 Å². The summed E-state index contributed by atoms with van der Waals surface area (Å²) in [6.45, 7) is 2.83. The van der Waals surface area contributed by atoms with Gasteiger partial charge in [-0.1, -0.05) is 13.0 Å². The molecular weight excluding hydrogens is 214 g/mol. The highest BCUT2D eigenvalue weighted by Gasteiger charge is 2.25. The Hall–Kier alpha value is -1.77. The second kappa shape index (κ2) is 3.91. The molecule has 1 aromatic heterocycles. The molecular formula is C14H15NO2. The lowest BCUT2D eigenvalue weighted by atomic mass is 10.1. The third kappa shape index (κ3) is 1.82. The van der Waals surface area contributed by atoms with Crippen molar-refractivity contribution in [2.45, 2.75) is 25.7 Å². The largest absolute Gasteiger partial charge is 0.461 e. The van der Waals surface area contributed by atoms with Crippen molar-refractivity contribution in [2.75, 3.05) is 6.54 Å². The highest BCUT2D eigenvalue weighted by atomic mass is 16.3. The summed E-state index contributed by atoms with van der Waals surface area (Å²) in [5, 5.41) is 3.97. The average molecular weight is 229 g/mol. The molecule has 1 aliphatic rings. The second-order valence-electron chi connectivity index (χ2n) is 4.58. The first kappa shape index (κ1) is 10.4. The number of furan rings is 1. The molecule has 17 heavy (non-hydrogen) atoms. The first-order valence-electron chi connectivity index (χ1n) is 6.05. The third-order valence-electron chi connectivity index (χ3n) is 3.39. The fraction of sp³-hybridized carbons (Fsp3) is 0.357. The zero-order valence-electron chi connectivity index (χ0n) is 9.82. The van der Waals surface area contributed by atoms with Gasteiger partial charge in [0, 0.05) is 24.3 Å². The Balaban J connectivity index is 1.98. The van der Waals surface area contributed by atoms with E-state index in [1.165, 1.54) is 5.56 Å². The van der Waals surface area contributed by atoms with E-state index in [1.807, 2.05) is 6.07 Å². The summed E-state index contributed by atoms with van der Waals surface area (Å²) in [5.41, 5.74) is 2.22. The van der Waals surface area contributed by atoms with Crippen LogP contribution in [-0.4, -0.2) is 12.5 Å². The lowest BCUT2D eigenvalue weighted by Crippen LogP contribution is -2.13. The Morgan fingerprint density at radius 3 is 3.00 bits per heavy atom. The van der Waals surface area contributed by atoms with Gasteiger partial charge < -0.3 is 9.73 Å². The highest BCUT2D eigenvalue weighted by molar-refractivity contribution is 5.81. The minimum Gasteiger partial charge on any atom is -0.461 e. The standard InChI is InChI=1S/C14H15NO2/c1-2-9-3-4-12-10(5-9)6-13(17-12)11-7-14(16)15-8-11/h3-6,11H,2,7-8H2,1H3,(H,15,16). The van der Waals surface area contributed by atoms with Gasteiger partial charge in [0.2, 0.25) is 5.91 Å². The van der Waals surface area contributed by atoms with Crippen LogP contribution in [0.25, 0.3) is 11.0 Å². The summed E-state index contributed by atoms with van der Waals surface area (Å²) < 4.78 is 5.81. The number of hydrogen-bond donors (Lipinski definition) is 1. The van der Waals surface area contributed by atoms with Crippen LogP contribution in [0.4, 0.5) is 0 Å². The Morgan fingerprint density at radius 1 is 1.41 bits per heavy atom. The first-order valence-corrected chi connectivity index (χ1v) is 6.05. The number of carbonyl (C=O) groups excluding carboxylic acids is 1. The lowest BCUT2D eigenvalue weighted by Gasteiger charge is -2.00. The molecule has 0 spiro atoms. The van der Waals surface area contributed by atoms with Gasteiger partial charge in [-0.05, 0) is 30.2 Å². The molecule has 3 rings (SSSR count). The van der Waals surface area contributed by atoms with Gasteiger partial charge >= 0.3 is 0 Å². The predicted molar refractivity (Wildman–Crippen MR) is 66.0 cm³/mol. The monoisotopic (exact) mass is 229 g/mol. The maximum absolute atomic E-state index is 11.2. The van der Waals surface area contributed by atoms with Gasteiger partial charge in [-0.3, -0.25) is 4.79 Å². The molecule has 2 heterocycles. The lowest BCUT2D eigenvalue weighted by molar-refractivity contribution is -0.119. The van der Waals surface area contributed by atoms with Crippen LogP contribution in [0.2, 0.25) is 0 Å². The predicted octanol–water partition coefficient (Wildman–Crippen LogP) is 2.60. The van der Waals surface area contributed by atoms with E-state index in [1.54, 1.807) is 0 Å². The van der Waals surface area contributed by atoms with Crippen LogP contribution in [0.1, 0.15) is 30.6 Å². The van der Waals surface area contributed by atoms with E-state index in [0.717, 1.165) is 23.2 Å². The Morgan fingerprint density at radius 2 is 2.29 bits per heavy atom. The zero-order valence-corrected chi connectivity index (χ0v) is 9.82. The smallest absolute Gasteiger partial charge is 0.220 e. The van der Waals surface area contributed by atoms with Crippen LogP contribution < -0.4 is 5.32 Å². The second-order valence-corrected chi connectivity index (χ2v) is 4.58. The summed E-state index contributed by atoms with van der Waals surface area (Å²) in [4.78, 5) is 11.2. The molecule has 2 aromatic rings. The Bertz CT molecular complexity index is 571. The number of fused-ring (bicyclic) bond motifs is 1. The van der Waals surface area contributed by atoms with E-state index in [2.05, 4.69) is 30.4 Å². The third-order valence-corrected chi connectivity index (χ3v) is 3.39. The van der Waals surface area contributed by atoms with Crippen LogP contribution in [0.5, 0.6) is 0 Å². The van der Waals surface area contributed by atoms with Crippen LogP contribution in [0, 0.1) is 0 Å². The topological polar surface area (TPSA) is 42.2 Å². The molecule has 1 aliphatic heterocycles. The molecule has 1 N–H and O–H groups in total. The Labute approximate surface area is 99.8 Å². The molecule has 0 saturated carbocycles. The van der Waals surface area contributed by atoms with E-state index >= 15 is 0 Å². The number of amides is 1. The van der Waals surface area contributed by atoms with Crippen molar-refractivity contribution in [3.63, 3.8) is 0 Å². The molecule has 1 fully saturated rings. The molecule has 0 radical (unpaired) electrons. The minimum atomic E-state index is 0.115. The van der Waals surface area contributed by atoms with E-state index in [9.17, 15) is 4.79 Å². The molecule has 1 unspecified atom stereocenters. The number of hydrogen-bond acceptors (Lipinski definition) is 2. The minimum absolute atomic E-state index is 0.115. The van der Waals surface area contributed by atoms with Crippen molar-refractivity contribution in [3.8, 4) is 0 Å². The van der Waals surface area contributed by atoms with Gasteiger partial charge in [0.15, 0.2) is 0 Å². The molecule has 1 atom stereocenters. The maximum Gasteiger partial charge on any atom is 0.220 e. The van der Waals surface area contributed by atoms with Crippen LogP contribution >= 0.6 is 0 Å². The maximum atomic E-state index is 11.2. The average Bonchev–Trinajstić information content (AvgIpc) is 2.93. The zero-order chi connectivity index (χ0) is 11.8. The SMILES string of the molecule is CCc1ccc2oc(C3CNC(=O)C3)cc2c1. The molecule has 3 heteroatoms. The molecule has 3 nitrogen and oxygen atoms in total. The molecule has 88 valence electrons.